The molecule has 0 spiro atoms. The minimum Gasteiger partial charge on any atom is -0.465 e. The summed E-state index contributed by atoms with van der Waals surface area (Å²) in [5.74, 6) is -3.30. The number of carboxylic acid groups (broad SMARTS) is 1. The van der Waals surface area contributed by atoms with Crippen LogP contribution >= 0.6 is 0 Å². The van der Waals surface area contributed by atoms with E-state index < -0.39 is 36.9 Å². The Balaban J connectivity index is 2.05. The first kappa shape index (κ1) is 17.2. The van der Waals surface area contributed by atoms with Crippen LogP contribution in [-0.4, -0.2) is 41.0 Å². The van der Waals surface area contributed by atoms with Crippen LogP contribution in [0.1, 0.15) is 38.8 Å². The second-order valence-electron chi connectivity index (χ2n) is 7.31. The number of halogens is 2. The van der Waals surface area contributed by atoms with E-state index in [1.165, 1.54) is 6.07 Å². The smallest absolute Gasteiger partial charge is 0.465 e. The van der Waals surface area contributed by atoms with Crippen molar-refractivity contribution in [3.8, 4) is 0 Å². The molecule has 1 N–H and O–H groups in total. The Morgan fingerprint density at radius 2 is 1.79 bits per heavy atom. The maximum absolute atomic E-state index is 14.7. The maximum atomic E-state index is 14.7. The fourth-order valence-corrected chi connectivity index (χ4v) is 3.08. The zero-order valence-corrected chi connectivity index (χ0v) is 14.1. The molecule has 0 radical (unpaired) electrons. The second kappa shape index (κ2) is 5.16. The Morgan fingerprint density at radius 3 is 2.33 bits per heavy atom. The number of fused-ring (bicyclic) bond motifs is 1. The zero-order chi connectivity index (χ0) is 17.9. The molecule has 1 fully saturated rings. The van der Waals surface area contributed by atoms with E-state index in [9.17, 15) is 13.6 Å². The summed E-state index contributed by atoms with van der Waals surface area (Å²) in [6, 6.07) is 4.71. The maximum Gasteiger partial charge on any atom is 0.495 e. The van der Waals surface area contributed by atoms with Crippen LogP contribution in [0, 0.1) is 0 Å². The summed E-state index contributed by atoms with van der Waals surface area (Å²) in [4.78, 5) is 11.8. The fourth-order valence-electron chi connectivity index (χ4n) is 3.08. The van der Waals surface area contributed by atoms with Crippen LogP contribution in [0.5, 0.6) is 0 Å². The quantitative estimate of drug-likeness (QED) is 0.799. The van der Waals surface area contributed by atoms with Gasteiger partial charge in [0.05, 0.1) is 17.7 Å². The van der Waals surface area contributed by atoms with E-state index >= 15 is 0 Å². The van der Waals surface area contributed by atoms with Crippen molar-refractivity contribution in [1.82, 2.24) is 4.90 Å². The van der Waals surface area contributed by atoms with Gasteiger partial charge in [0.1, 0.15) is 0 Å². The van der Waals surface area contributed by atoms with Crippen LogP contribution in [0.4, 0.5) is 13.6 Å². The number of nitrogens with zero attached hydrogens (tertiary/aromatic N) is 1. The van der Waals surface area contributed by atoms with Gasteiger partial charge in [0, 0.05) is 12.1 Å². The van der Waals surface area contributed by atoms with Gasteiger partial charge in [0.2, 0.25) is 0 Å². The van der Waals surface area contributed by atoms with Gasteiger partial charge in [-0.1, -0.05) is 18.2 Å². The van der Waals surface area contributed by atoms with Gasteiger partial charge >= 0.3 is 13.2 Å². The highest BCUT2D eigenvalue weighted by molar-refractivity contribution is 6.62. The monoisotopic (exact) mass is 339 g/mol. The minimum absolute atomic E-state index is 0.0758. The molecular weight excluding hydrogens is 319 g/mol. The lowest BCUT2D eigenvalue weighted by Gasteiger charge is -2.34. The number of benzene rings is 1. The van der Waals surface area contributed by atoms with E-state index in [2.05, 4.69) is 0 Å². The zero-order valence-electron chi connectivity index (χ0n) is 14.1. The van der Waals surface area contributed by atoms with Crippen molar-refractivity contribution in [3.05, 3.63) is 29.3 Å². The molecule has 1 amide bonds. The molecule has 2 aliphatic heterocycles. The predicted octanol–water partition coefficient (Wildman–Crippen LogP) is 2.57. The molecule has 5 nitrogen and oxygen atoms in total. The molecule has 0 unspecified atom stereocenters. The van der Waals surface area contributed by atoms with Crippen LogP contribution in [0.3, 0.4) is 0 Å². The Bertz CT molecular complexity index is 677. The summed E-state index contributed by atoms with van der Waals surface area (Å²) in [7, 11) is -0.910. The van der Waals surface area contributed by atoms with Crippen molar-refractivity contribution >= 4 is 18.7 Å². The average molecular weight is 339 g/mol. The lowest BCUT2D eigenvalue weighted by Crippen LogP contribution is -2.49. The number of hydrogen-bond donors (Lipinski definition) is 1. The highest BCUT2D eigenvalue weighted by Crippen LogP contribution is 2.40. The summed E-state index contributed by atoms with van der Waals surface area (Å²) in [5, 5.41) is 9.06. The van der Waals surface area contributed by atoms with E-state index in [4.69, 9.17) is 14.4 Å². The molecule has 1 aromatic carbocycles. The Hall–Kier alpha value is -1.67. The molecule has 1 saturated heterocycles. The van der Waals surface area contributed by atoms with E-state index in [-0.39, 0.29) is 23.1 Å². The van der Waals surface area contributed by atoms with Gasteiger partial charge in [-0.3, -0.25) is 4.90 Å². The molecule has 3 rings (SSSR count). The third-order valence-corrected chi connectivity index (χ3v) is 5.08. The number of hydrogen-bond acceptors (Lipinski definition) is 3. The standard InChI is InChI=1S/C16H20BF2NO4/c1-14(2)15(3,4)24-17(23-14)11-7-5-6-10-8-20(13(21)22)9-16(18,19)12(10)11/h5-7H,8-9H2,1-4H3,(H,21,22). The lowest BCUT2D eigenvalue weighted by atomic mass is 9.72. The number of amides is 1. The molecule has 130 valence electrons. The number of carbonyl (C=O) groups is 1. The summed E-state index contributed by atoms with van der Waals surface area (Å²) < 4.78 is 41.2. The molecule has 8 heteroatoms. The van der Waals surface area contributed by atoms with Gasteiger partial charge in [-0.05, 0) is 38.7 Å². The summed E-state index contributed by atoms with van der Waals surface area (Å²) in [6.07, 6.45) is -1.36. The molecule has 0 aromatic heterocycles. The molecule has 24 heavy (non-hydrogen) atoms. The highest BCUT2D eigenvalue weighted by atomic mass is 19.3. The molecule has 0 saturated carbocycles. The Labute approximate surface area is 139 Å². The topological polar surface area (TPSA) is 59.0 Å². The van der Waals surface area contributed by atoms with Crippen molar-refractivity contribution in [2.24, 2.45) is 0 Å². The van der Waals surface area contributed by atoms with E-state index in [0.29, 0.717) is 0 Å². The molecule has 0 bridgehead atoms. The fraction of sp³-hybridized carbons (Fsp3) is 0.562. The van der Waals surface area contributed by atoms with Gasteiger partial charge in [-0.2, -0.15) is 8.78 Å². The molecule has 0 aliphatic carbocycles. The average Bonchev–Trinajstić information content (AvgIpc) is 2.65. The van der Waals surface area contributed by atoms with Crippen LogP contribution in [0.15, 0.2) is 18.2 Å². The van der Waals surface area contributed by atoms with E-state index in [0.717, 1.165) is 4.90 Å². The largest absolute Gasteiger partial charge is 0.495 e. The highest BCUT2D eigenvalue weighted by Gasteiger charge is 2.54. The number of rotatable bonds is 1. The molecule has 2 aliphatic rings. The SMILES string of the molecule is CC1(C)OB(c2cccc3c2C(F)(F)CN(C(=O)O)C3)OC1(C)C. The first-order chi connectivity index (χ1) is 10.9. The van der Waals surface area contributed by atoms with E-state index in [1.54, 1.807) is 12.1 Å². The summed E-state index contributed by atoms with van der Waals surface area (Å²) in [6.45, 7) is 6.47. The summed E-state index contributed by atoms with van der Waals surface area (Å²) in [5.41, 5.74) is -0.919. The van der Waals surface area contributed by atoms with Gasteiger partial charge in [0.25, 0.3) is 5.92 Å². The van der Waals surface area contributed by atoms with Crippen molar-refractivity contribution in [2.45, 2.75) is 51.4 Å². The molecule has 2 heterocycles. The lowest BCUT2D eigenvalue weighted by molar-refractivity contribution is -0.0455. The van der Waals surface area contributed by atoms with Gasteiger partial charge in [-0.15, -0.1) is 0 Å². The minimum atomic E-state index is -3.30. The van der Waals surface area contributed by atoms with Crippen LogP contribution in [-0.2, 0) is 21.8 Å². The molecular formula is C16H20BF2NO4. The van der Waals surface area contributed by atoms with Gasteiger partial charge in [-0.25, -0.2) is 4.79 Å². The van der Waals surface area contributed by atoms with Crippen molar-refractivity contribution in [2.75, 3.05) is 6.54 Å². The van der Waals surface area contributed by atoms with Crippen LogP contribution in [0.25, 0.3) is 0 Å². The van der Waals surface area contributed by atoms with E-state index in [1.807, 2.05) is 27.7 Å². The van der Waals surface area contributed by atoms with Crippen molar-refractivity contribution < 1.29 is 28.0 Å². The van der Waals surface area contributed by atoms with Crippen molar-refractivity contribution in [1.29, 1.82) is 0 Å². The number of alkyl halides is 2. The molecule has 0 atom stereocenters. The summed E-state index contributed by atoms with van der Waals surface area (Å²) >= 11 is 0. The van der Waals surface area contributed by atoms with Crippen LogP contribution < -0.4 is 5.46 Å². The third kappa shape index (κ3) is 2.57. The first-order valence-electron chi connectivity index (χ1n) is 7.78. The second-order valence-corrected chi connectivity index (χ2v) is 7.31. The third-order valence-electron chi connectivity index (χ3n) is 5.08. The molecule has 1 aromatic rings. The van der Waals surface area contributed by atoms with Crippen molar-refractivity contribution in [3.63, 3.8) is 0 Å². The Morgan fingerprint density at radius 1 is 1.21 bits per heavy atom. The first-order valence-corrected chi connectivity index (χ1v) is 7.78. The van der Waals surface area contributed by atoms with Gasteiger partial charge in [0.15, 0.2) is 0 Å². The Kier molecular flexibility index (Phi) is 3.69. The van der Waals surface area contributed by atoms with Gasteiger partial charge < -0.3 is 14.4 Å². The normalized spacial score (nSPS) is 23.9. The predicted molar refractivity (Wildman–Crippen MR) is 84.5 cm³/mol. The van der Waals surface area contributed by atoms with Crippen LogP contribution in [0.2, 0.25) is 0 Å².